The first-order chi connectivity index (χ1) is 14.5. The van der Waals surface area contributed by atoms with Crippen molar-refractivity contribution in [1.29, 1.82) is 5.26 Å². The number of nitrogen functional groups attached to an aromatic ring is 1. The molecular weight excluding hydrogens is 418 g/mol. The molecule has 0 saturated carbocycles. The van der Waals surface area contributed by atoms with E-state index in [1.165, 1.54) is 11.8 Å². The van der Waals surface area contributed by atoms with Crippen molar-refractivity contribution < 1.29 is 9.53 Å². The first-order valence-electron chi connectivity index (χ1n) is 9.61. The standard InChI is InChI=1S/C21H23N5O2S2/c1-4-9-26-19(14-8-6-7-13(3)10-14)24-25-21(26)29-12-16-15(11-22)18(23)30-17(16)20(27)28-5-2/h6-8,10H,4-5,9,12,23H2,1-3H3. The number of thioether (sulfide) groups is 1. The van der Waals surface area contributed by atoms with E-state index in [0.29, 0.717) is 26.8 Å². The lowest BCUT2D eigenvalue weighted by atomic mass is 10.1. The van der Waals surface area contributed by atoms with Crippen molar-refractivity contribution in [2.24, 2.45) is 0 Å². The zero-order chi connectivity index (χ0) is 21.7. The third-order valence-electron chi connectivity index (χ3n) is 4.39. The lowest BCUT2D eigenvalue weighted by Crippen LogP contribution is -2.06. The number of aryl methyl sites for hydroxylation is 1. The third kappa shape index (κ3) is 4.50. The van der Waals surface area contributed by atoms with Gasteiger partial charge in [0.15, 0.2) is 11.0 Å². The number of benzene rings is 1. The van der Waals surface area contributed by atoms with Crippen LogP contribution in [0.5, 0.6) is 0 Å². The highest BCUT2D eigenvalue weighted by Crippen LogP contribution is 2.36. The summed E-state index contributed by atoms with van der Waals surface area (Å²) in [4.78, 5) is 12.7. The highest BCUT2D eigenvalue weighted by molar-refractivity contribution is 7.98. The Morgan fingerprint density at radius 2 is 2.17 bits per heavy atom. The van der Waals surface area contributed by atoms with Crippen LogP contribution in [0.4, 0.5) is 5.00 Å². The van der Waals surface area contributed by atoms with Crippen LogP contribution in [0.25, 0.3) is 11.4 Å². The van der Waals surface area contributed by atoms with Gasteiger partial charge in [0.1, 0.15) is 15.9 Å². The molecule has 0 bridgehead atoms. The van der Waals surface area contributed by atoms with Crippen LogP contribution in [0.3, 0.4) is 0 Å². The number of hydrogen-bond donors (Lipinski definition) is 1. The fourth-order valence-electron chi connectivity index (χ4n) is 3.06. The molecule has 0 saturated heterocycles. The third-order valence-corrected chi connectivity index (χ3v) is 6.43. The summed E-state index contributed by atoms with van der Waals surface area (Å²) in [6.45, 7) is 6.91. The van der Waals surface area contributed by atoms with Crippen molar-refractivity contribution in [3.8, 4) is 17.5 Å². The van der Waals surface area contributed by atoms with Gasteiger partial charge in [-0.05, 0) is 26.3 Å². The number of anilines is 1. The molecule has 0 radical (unpaired) electrons. The van der Waals surface area contributed by atoms with Gasteiger partial charge in [0.25, 0.3) is 0 Å². The Kier molecular flexibility index (Phi) is 7.13. The monoisotopic (exact) mass is 441 g/mol. The Bertz CT molecular complexity index is 1100. The van der Waals surface area contributed by atoms with Crippen LogP contribution in [0.15, 0.2) is 29.4 Å². The van der Waals surface area contributed by atoms with Gasteiger partial charge in [-0.3, -0.25) is 0 Å². The van der Waals surface area contributed by atoms with Crippen molar-refractivity contribution in [3.63, 3.8) is 0 Å². The molecule has 7 nitrogen and oxygen atoms in total. The molecule has 0 aliphatic rings. The molecule has 3 rings (SSSR count). The number of nitrogens with two attached hydrogens (primary N) is 1. The summed E-state index contributed by atoms with van der Waals surface area (Å²) in [5.41, 5.74) is 9.05. The SMILES string of the molecule is CCCn1c(SCc2c(C(=O)OCC)sc(N)c2C#N)nnc1-c1cccc(C)c1. The quantitative estimate of drug-likeness (QED) is 0.400. The molecule has 2 aromatic heterocycles. The normalized spacial score (nSPS) is 10.7. The van der Waals surface area contributed by atoms with Crippen molar-refractivity contribution in [3.05, 3.63) is 45.8 Å². The van der Waals surface area contributed by atoms with Gasteiger partial charge < -0.3 is 15.0 Å². The Morgan fingerprint density at radius 1 is 1.37 bits per heavy atom. The van der Waals surface area contributed by atoms with Crippen molar-refractivity contribution in [2.45, 2.75) is 44.6 Å². The van der Waals surface area contributed by atoms with Gasteiger partial charge in [0, 0.05) is 23.4 Å². The zero-order valence-corrected chi connectivity index (χ0v) is 18.8. The number of nitrogens with zero attached hydrogens (tertiary/aromatic N) is 4. The number of esters is 1. The van der Waals surface area contributed by atoms with Crippen molar-refractivity contribution in [1.82, 2.24) is 14.8 Å². The predicted octanol–water partition coefficient (Wildman–Crippen LogP) is 4.65. The number of rotatable bonds is 8. The lowest BCUT2D eigenvalue weighted by molar-refractivity contribution is 0.0531. The van der Waals surface area contributed by atoms with Gasteiger partial charge >= 0.3 is 5.97 Å². The predicted molar refractivity (Wildman–Crippen MR) is 119 cm³/mol. The second kappa shape index (κ2) is 9.78. The molecule has 1 aromatic carbocycles. The minimum atomic E-state index is -0.457. The largest absolute Gasteiger partial charge is 0.462 e. The van der Waals surface area contributed by atoms with Crippen LogP contribution in [-0.2, 0) is 17.0 Å². The molecular formula is C21H23N5O2S2. The second-order valence-electron chi connectivity index (χ2n) is 6.60. The maximum atomic E-state index is 12.3. The summed E-state index contributed by atoms with van der Waals surface area (Å²) >= 11 is 2.53. The van der Waals surface area contributed by atoms with Crippen LogP contribution in [-0.4, -0.2) is 27.3 Å². The summed E-state index contributed by atoms with van der Waals surface area (Å²) in [6, 6.07) is 10.3. The molecule has 0 unspecified atom stereocenters. The summed E-state index contributed by atoms with van der Waals surface area (Å²) in [7, 11) is 0. The number of aromatic nitrogens is 3. The van der Waals surface area contributed by atoms with Crippen LogP contribution < -0.4 is 5.73 Å². The maximum Gasteiger partial charge on any atom is 0.348 e. The lowest BCUT2D eigenvalue weighted by Gasteiger charge is -2.10. The van der Waals surface area contributed by atoms with Crippen molar-refractivity contribution >= 4 is 34.1 Å². The number of hydrogen-bond acceptors (Lipinski definition) is 8. The average Bonchev–Trinajstić information content (AvgIpc) is 3.27. The van der Waals surface area contributed by atoms with E-state index in [-0.39, 0.29) is 6.61 Å². The van der Waals surface area contributed by atoms with Gasteiger partial charge in [0.2, 0.25) is 0 Å². The van der Waals surface area contributed by atoms with E-state index in [2.05, 4.69) is 33.8 Å². The molecule has 2 N–H and O–H groups in total. The van der Waals surface area contributed by atoms with E-state index in [9.17, 15) is 10.1 Å². The molecule has 0 aliphatic carbocycles. The van der Waals surface area contributed by atoms with E-state index >= 15 is 0 Å². The Balaban J connectivity index is 1.93. The van der Waals surface area contributed by atoms with E-state index in [1.807, 2.05) is 25.1 Å². The number of nitriles is 1. The Labute approximate surface area is 183 Å². The van der Waals surface area contributed by atoms with Gasteiger partial charge in [-0.1, -0.05) is 42.4 Å². The number of thiophene rings is 1. The molecule has 0 atom stereocenters. The molecule has 156 valence electrons. The first kappa shape index (κ1) is 21.9. The molecule has 30 heavy (non-hydrogen) atoms. The topological polar surface area (TPSA) is 107 Å². The summed E-state index contributed by atoms with van der Waals surface area (Å²) in [6.07, 6.45) is 0.924. The highest BCUT2D eigenvalue weighted by Gasteiger charge is 2.24. The molecule has 0 amide bonds. The van der Waals surface area contributed by atoms with Gasteiger partial charge in [-0.25, -0.2) is 4.79 Å². The molecule has 2 heterocycles. The van der Waals surface area contributed by atoms with E-state index in [0.717, 1.165) is 46.4 Å². The molecule has 0 fully saturated rings. The highest BCUT2D eigenvalue weighted by atomic mass is 32.2. The van der Waals surface area contributed by atoms with E-state index in [1.54, 1.807) is 6.92 Å². The maximum absolute atomic E-state index is 12.3. The number of ether oxygens (including phenoxy) is 1. The summed E-state index contributed by atoms with van der Waals surface area (Å²) < 4.78 is 7.21. The number of carbonyl (C=O) groups excluding carboxylic acids is 1. The minimum absolute atomic E-state index is 0.260. The number of carbonyl (C=O) groups is 1. The van der Waals surface area contributed by atoms with Gasteiger partial charge in [-0.2, -0.15) is 5.26 Å². The molecule has 0 spiro atoms. The van der Waals surface area contributed by atoms with Crippen molar-refractivity contribution in [2.75, 3.05) is 12.3 Å². The smallest absolute Gasteiger partial charge is 0.348 e. The zero-order valence-electron chi connectivity index (χ0n) is 17.1. The van der Waals surface area contributed by atoms with E-state index in [4.69, 9.17) is 10.5 Å². The minimum Gasteiger partial charge on any atom is -0.462 e. The van der Waals surface area contributed by atoms with Gasteiger partial charge in [0.05, 0.1) is 12.2 Å². The van der Waals surface area contributed by atoms with Crippen LogP contribution in [0, 0.1) is 18.3 Å². The van der Waals surface area contributed by atoms with Crippen LogP contribution >= 0.6 is 23.1 Å². The average molecular weight is 442 g/mol. The fraction of sp³-hybridized carbons (Fsp3) is 0.333. The Hall–Kier alpha value is -2.83. The fourth-order valence-corrected chi connectivity index (χ4v) is 5.08. The second-order valence-corrected chi connectivity index (χ2v) is 8.59. The van der Waals surface area contributed by atoms with Gasteiger partial charge in [-0.15, -0.1) is 21.5 Å². The molecule has 9 heteroatoms. The Morgan fingerprint density at radius 3 is 2.83 bits per heavy atom. The van der Waals surface area contributed by atoms with E-state index < -0.39 is 5.97 Å². The molecule has 0 aliphatic heterocycles. The molecule has 3 aromatic rings. The van der Waals surface area contributed by atoms with Crippen LogP contribution in [0.1, 0.15) is 46.6 Å². The first-order valence-corrected chi connectivity index (χ1v) is 11.4. The summed E-state index contributed by atoms with van der Waals surface area (Å²) in [5, 5.41) is 19.4. The summed E-state index contributed by atoms with van der Waals surface area (Å²) in [5.74, 6) is 0.723. The van der Waals surface area contributed by atoms with Crippen LogP contribution in [0.2, 0.25) is 0 Å².